The van der Waals surface area contributed by atoms with Crippen LogP contribution < -0.4 is 5.32 Å². The summed E-state index contributed by atoms with van der Waals surface area (Å²) in [4.78, 5) is 21.2. The molecular formula is C18H28N4O3. The lowest BCUT2D eigenvalue weighted by molar-refractivity contribution is -0.199. The van der Waals surface area contributed by atoms with Gasteiger partial charge in [-0.15, -0.1) is 0 Å². The van der Waals surface area contributed by atoms with Gasteiger partial charge < -0.3 is 14.8 Å². The summed E-state index contributed by atoms with van der Waals surface area (Å²) in [6.45, 7) is 6.88. The van der Waals surface area contributed by atoms with Crippen LogP contribution in [0.3, 0.4) is 0 Å². The highest BCUT2D eigenvalue weighted by molar-refractivity contribution is 5.82. The summed E-state index contributed by atoms with van der Waals surface area (Å²) >= 11 is 0. The number of likely N-dealkylation sites (N-methyl/N-ethyl adjacent to an activating group) is 1. The zero-order chi connectivity index (χ0) is 17.9. The summed E-state index contributed by atoms with van der Waals surface area (Å²) in [5.74, 6) is 0.00883. The predicted molar refractivity (Wildman–Crippen MR) is 94.2 cm³/mol. The molecule has 25 heavy (non-hydrogen) atoms. The van der Waals surface area contributed by atoms with Crippen LogP contribution in [0.5, 0.6) is 0 Å². The van der Waals surface area contributed by atoms with Crippen molar-refractivity contribution >= 4 is 5.91 Å². The first-order valence-electron chi connectivity index (χ1n) is 8.77. The molecule has 1 spiro atoms. The number of aromatic nitrogens is 1. The van der Waals surface area contributed by atoms with Gasteiger partial charge in [0.25, 0.3) is 0 Å². The number of carbonyl (C=O) groups is 1. The maximum Gasteiger partial charge on any atom is 0.239 e. The van der Waals surface area contributed by atoms with E-state index in [1.807, 2.05) is 26.1 Å². The van der Waals surface area contributed by atoms with E-state index in [0.29, 0.717) is 19.8 Å². The van der Waals surface area contributed by atoms with Crippen molar-refractivity contribution in [3.05, 3.63) is 29.6 Å². The highest BCUT2D eigenvalue weighted by Gasteiger charge is 2.49. The standard InChI is InChI=1S/C18H28N4O3/c1-14-5-4-6-15(20-14)9-22-12-18(13-22)11-21(2)16(10-25-18)17(23)19-7-8-24-3/h4-6,16H,7-13H2,1-3H3,(H,19,23). The van der Waals surface area contributed by atoms with E-state index >= 15 is 0 Å². The van der Waals surface area contributed by atoms with Crippen molar-refractivity contribution in [3.8, 4) is 0 Å². The monoisotopic (exact) mass is 348 g/mol. The Morgan fingerprint density at radius 2 is 2.24 bits per heavy atom. The van der Waals surface area contributed by atoms with Crippen molar-refractivity contribution < 1.29 is 14.3 Å². The molecule has 7 nitrogen and oxygen atoms in total. The number of rotatable bonds is 6. The Morgan fingerprint density at radius 3 is 2.92 bits per heavy atom. The zero-order valence-electron chi connectivity index (χ0n) is 15.3. The van der Waals surface area contributed by atoms with Crippen molar-refractivity contribution in [3.63, 3.8) is 0 Å². The fraction of sp³-hybridized carbons (Fsp3) is 0.667. The van der Waals surface area contributed by atoms with Crippen LogP contribution in [0.1, 0.15) is 11.4 Å². The summed E-state index contributed by atoms with van der Waals surface area (Å²) in [6.07, 6.45) is 0. The molecule has 0 radical (unpaired) electrons. The number of ether oxygens (including phenoxy) is 2. The molecular weight excluding hydrogens is 320 g/mol. The van der Waals surface area contributed by atoms with Crippen LogP contribution in [-0.4, -0.2) is 85.9 Å². The second-order valence-electron chi connectivity index (χ2n) is 7.12. The average molecular weight is 348 g/mol. The van der Waals surface area contributed by atoms with Crippen molar-refractivity contribution in [2.24, 2.45) is 0 Å². The van der Waals surface area contributed by atoms with E-state index in [0.717, 1.165) is 37.6 Å². The number of pyridine rings is 1. The molecule has 1 aromatic heterocycles. The molecule has 7 heteroatoms. The van der Waals surface area contributed by atoms with Gasteiger partial charge in [0.1, 0.15) is 11.6 Å². The van der Waals surface area contributed by atoms with E-state index in [-0.39, 0.29) is 17.6 Å². The molecule has 2 aliphatic heterocycles. The number of methoxy groups -OCH3 is 1. The lowest BCUT2D eigenvalue weighted by Gasteiger charge is -2.54. The lowest BCUT2D eigenvalue weighted by atomic mass is 9.90. The Balaban J connectivity index is 1.46. The maximum atomic E-state index is 12.2. The summed E-state index contributed by atoms with van der Waals surface area (Å²) in [5, 5.41) is 2.89. The van der Waals surface area contributed by atoms with Crippen LogP contribution >= 0.6 is 0 Å². The molecule has 3 heterocycles. The van der Waals surface area contributed by atoms with Gasteiger partial charge in [-0.05, 0) is 26.1 Å². The summed E-state index contributed by atoms with van der Waals surface area (Å²) in [5.41, 5.74) is 1.99. The fourth-order valence-corrected chi connectivity index (χ4v) is 3.65. The van der Waals surface area contributed by atoms with Crippen molar-refractivity contribution in [2.45, 2.75) is 25.1 Å². The van der Waals surface area contributed by atoms with Gasteiger partial charge in [0.15, 0.2) is 0 Å². The zero-order valence-corrected chi connectivity index (χ0v) is 15.3. The van der Waals surface area contributed by atoms with Crippen LogP contribution in [0.25, 0.3) is 0 Å². The van der Waals surface area contributed by atoms with Gasteiger partial charge in [-0.3, -0.25) is 19.6 Å². The number of aryl methyl sites for hydroxylation is 1. The number of hydrogen-bond acceptors (Lipinski definition) is 6. The molecule has 138 valence electrons. The van der Waals surface area contributed by atoms with E-state index in [4.69, 9.17) is 9.47 Å². The molecule has 1 N–H and O–H groups in total. The molecule has 2 fully saturated rings. The second-order valence-corrected chi connectivity index (χ2v) is 7.12. The van der Waals surface area contributed by atoms with Crippen LogP contribution in [0.2, 0.25) is 0 Å². The van der Waals surface area contributed by atoms with Crippen molar-refractivity contribution in [1.82, 2.24) is 20.1 Å². The first-order valence-corrected chi connectivity index (χ1v) is 8.77. The predicted octanol–water partition coefficient (Wildman–Crippen LogP) is 0.0376. The number of hydrogen-bond donors (Lipinski definition) is 1. The number of likely N-dealkylation sites (tertiary alicyclic amines) is 1. The van der Waals surface area contributed by atoms with E-state index in [9.17, 15) is 4.79 Å². The van der Waals surface area contributed by atoms with Crippen LogP contribution in [0, 0.1) is 6.92 Å². The average Bonchev–Trinajstić information content (AvgIpc) is 2.53. The molecule has 0 saturated carbocycles. The number of nitrogens with one attached hydrogen (secondary N) is 1. The largest absolute Gasteiger partial charge is 0.383 e. The first-order chi connectivity index (χ1) is 12.0. The minimum Gasteiger partial charge on any atom is -0.383 e. The van der Waals surface area contributed by atoms with Gasteiger partial charge in [0, 0.05) is 45.5 Å². The summed E-state index contributed by atoms with van der Waals surface area (Å²) in [7, 11) is 3.62. The molecule has 1 atom stereocenters. The first kappa shape index (κ1) is 18.3. The Hall–Kier alpha value is -1.54. The van der Waals surface area contributed by atoms with E-state index in [1.54, 1.807) is 7.11 Å². The van der Waals surface area contributed by atoms with Crippen LogP contribution in [-0.2, 0) is 20.8 Å². The lowest BCUT2D eigenvalue weighted by Crippen LogP contribution is -2.72. The van der Waals surface area contributed by atoms with E-state index < -0.39 is 0 Å². The molecule has 2 saturated heterocycles. The highest BCUT2D eigenvalue weighted by atomic mass is 16.5. The SMILES string of the molecule is COCCNC(=O)C1COC2(CN(Cc3cccc(C)n3)C2)CN1C. The second kappa shape index (κ2) is 7.78. The van der Waals surface area contributed by atoms with Crippen LogP contribution in [0.15, 0.2) is 18.2 Å². The quantitative estimate of drug-likeness (QED) is 0.732. The number of amides is 1. The number of carbonyl (C=O) groups excluding carboxylic acids is 1. The maximum absolute atomic E-state index is 12.2. The van der Waals surface area contributed by atoms with Gasteiger partial charge in [-0.1, -0.05) is 6.07 Å². The van der Waals surface area contributed by atoms with Gasteiger partial charge in [0.2, 0.25) is 5.91 Å². The molecule has 1 aromatic rings. The Bertz CT molecular complexity index is 604. The highest BCUT2D eigenvalue weighted by Crippen LogP contribution is 2.31. The third kappa shape index (κ3) is 4.36. The smallest absolute Gasteiger partial charge is 0.239 e. The topological polar surface area (TPSA) is 66.9 Å². The normalized spacial score (nSPS) is 23.4. The van der Waals surface area contributed by atoms with Gasteiger partial charge in [0.05, 0.1) is 18.9 Å². The van der Waals surface area contributed by atoms with E-state index in [2.05, 4.69) is 26.2 Å². The molecule has 0 aromatic carbocycles. The molecule has 2 aliphatic rings. The summed E-state index contributed by atoms with van der Waals surface area (Å²) in [6, 6.07) is 5.89. The Morgan fingerprint density at radius 1 is 1.44 bits per heavy atom. The minimum atomic E-state index is -0.227. The summed E-state index contributed by atoms with van der Waals surface area (Å²) < 4.78 is 11.1. The third-order valence-electron chi connectivity index (χ3n) is 4.88. The van der Waals surface area contributed by atoms with Gasteiger partial charge in [-0.2, -0.15) is 0 Å². The van der Waals surface area contributed by atoms with Gasteiger partial charge >= 0.3 is 0 Å². The fourth-order valence-electron chi connectivity index (χ4n) is 3.65. The molecule has 3 rings (SSSR count). The molecule has 1 amide bonds. The van der Waals surface area contributed by atoms with Crippen molar-refractivity contribution in [2.75, 3.05) is 53.6 Å². The van der Waals surface area contributed by atoms with E-state index in [1.165, 1.54) is 0 Å². The molecule has 0 aliphatic carbocycles. The van der Waals surface area contributed by atoms with Crippen molar-refractivity contribution in [1.29, 1.82) is 0 Å². The van der Waals surface area contributed by atoms with Gasteiger partial charge in [-0.25, -0.2) is 0 Å². The molecule has 0 bridgehead atoms. The minimum absolute atomic E-state index is 0.00883. The third-order valence-corrected chi connectivity index (χ3v) is 4.88. The number of morpholine rings is 1. The number of nitrogens with zero attached hydrogens (tertiary/aromatic N) is 3. The van der Waals surface area contributed by atoms with Crippen LogP contribution in [0.4, 0.5) is 0 Å². The molecule has 1 unspecified atom stereocenters. The Labute approximate surface area is 149 Å². The Kier molecular flexibility index (Phi) is 5.68.